The lowest BCUT2D eigenvalue weighted by atomic mass is 10.2. The van der Waals surface area contributed by atoms with E-state index in [1.165, 1.54) is 6.07 Å². The van der Waals surface area contributed by atoms with Crippen LogP contribution in [0.5, 0.6) is 0 Å². The fourth-order valence-corrected chi connectivity index (χ4v) is 0.720. The minimum absolute atomic E-state index is 0.199. The van der Waals surface area contributed by atoms with E-state index in [1.807, 2.05) is 0 Å². The fourth-order valence-electron chi connectivity index (χ4n) is 0.720. The maximum Gasteiger partial charge on any atom is 0.417 e. The molecule has 0 aromatic carbocycles. The Morgan fingerprint density at radius 1 is 1.46 bits per heavy atom. The van der Waals surface area contributed by atoms with Crippen LogP contribution in [0.2, 0.25) is 0 Å². The molecule has 2 N–H and O–H groups in total. The quantitative estimate of drug-likeness (QED) is 0.670. The molecular weight excluding hydrogens is 183 g/mol. The topological polar surface area (TPSA) is 62.7 Å². The van der Waals surface area contributed by atoms with Gasteiger partial charge in [-0.2, -0.15) is 18.4 Å². The number of nitrogen functional groups attached to an aromatic ring is 1. The summed E-state index contributed by atoms with van der Waals surface area (Å²) in [6.45, 7) is 0. The number of pyridine rings is 1. The molecule has 0 unspecified atom stereocenters. The molecule has 0 aliphatic carbocycles. The van der Waals surface area contributed by atoms with Crippen molar-refractivity contribution in [2.24, 2.45) is 0 Å². The number of nitrogens with zero attached hydrogens (tertiary/aromatic N) is 2. The summed E-state index contributed by atoms with van der Waals surface area (Å²) < 4.78 is 36.1. The number of hydrogen-bond acceptors (Lipinski definition) is 3. The van der Waals surface area contributed by atoms with Gasteiger partial charge in [0.1, 0.15) is 11.9 Å². The molecular formula is C7H4F3N3. The second kappa shape index (κ2) is 2.94. The van der Waals surface area contributed by atoms with E-state index in [0.29, 0.717) is 12.3 Å². The van der Waals surface area contributed by atoms with Crippen LogP contribution in [0.4, 0.5) is 19.0 Å². The Labute approximate surface area is 71.6 Å². The second-order valence-corrected chi connectivity index (χ2v) is 2.27. The van der Waals surface area contributed by atoms with Gasteiger partial charge in [0.15, 0.2) is 0 Å². The molecule has 1 aromatic heterocycles. The summed E-state index contributed by atoms with van der Waals surface area (Å²) in [5.41, 5.74) is 3.90. The first-order chi connectivity index (χ1) is 5.95. The highest BCUT2D eigenvalue weighted by molar-refractivity contribution is 5.49. The van der Waals surface area contributed by atoms with Crippen molar-refractivity contribution < 1.29 is 13.2 Å². The molecule has 1 aromatic rings. The van der Waals surface area contributed by atoms with E-state index in [9.17, 15) is 13.2 Å². The van der Waals surface area contributed by atoms with Crippen LogP contribution < -0.4 is 5.73 Å². The molecule has 0 spiro atoms. The van der Waals surface area contributed by atoms with Crippen LogP contribution in [0, 0.1) is 11.3 Å². The zero-order valence-corrected chi connectivity index (χ0v) is 6.26. The summed E-state index contributed by atoms with van der Waals surface area (Å²) in [5.74, 6) is -0.199. The lowest BCUT2D eigenvalue weighted by Crippen LogP contribution is -2.07. The van der Waals surface area contributed by atoms with Crippen molar-refractivity contribution in [2.75, 3.05) is 5.73 Å². The minimum atomic E-state index is -4.49. The highest BCUT2D eigenvalue weighted by Crippen LogP contribution is 2.29. The van der Waals surface area contributed by atoms with Gasteiger partial charge in [0, 0.05) is 6.20 Å². The van der Waals surface area contributed by atoms with Crippen LogP contribution in [0.25, 0.3) is 0 Å². The van der Waals surface area contributed by atoms with E-state index in [2.05, 4.69) is 4.98 Å². The smallest absolute Gasteiger partial charge is 0.383 e. The summed E-state index contributed by atoms with van der Waals surface area (Å²) in [4.78, 5) is 3.25. The van der Waals surface area contributed by atoms with Crippen LogP contribution in [0.3, 0.4) is 0 Å². The van der Waals surface area contributed by atoms with E-state index >= 15 is 0 Å². The number of anilines is 1. The van der Waals surface area contributed by atoms with Crippen molar-refractivity contribution >= 4 is 5.82 Å². The molecule has 0 atom stereocenters. The molecule has 0 saturated carbocycles. The number of rotatable bonds is 0. The monoisotopic (exact) mass is 187 g/mol. The lowest BCUT2D eigenvalue weighted by Gasteiger charge is -2.06. The third kappa shape index (κ3) is 1.87. The van der Waals surface area contributed by atoms with E-state index in [1.54, 1.807) is 0 Å². The lowest BCUT2D eigenvalue weighted by molar-refractivity contribution is -0.137. The molecule has 0 amide bonds. The zero-order chi connectivity index (χ0) is 10.1. The maximum atomic E-state index is 12.0. The maximum absolute atomic E-state index is 12.0. The Balaban J connectivity index is 3.24. The molecule has 1 rings (SSSR count). The van der Waals surface area contributed by atoms with Crippen LogP contribution in [-0.4, -0.2) is 4.98 Å². The molecule has 0 aliphatic heterocycles. The second-order valence-electron chi connectivity index (χ2n) is 2.27. The fraction of sp³-hybridized carbons (Fsp3) is 0.143. The van der Waals surface area contributed by atoms with E-state index in [4.69, 9.17) is 11.0 Å². The summed E-state index contributed by atoms with van der Waals surface area (Å²) in [7, 11) is 0. The number of aromatic nitrogens is 1. The minimum Gasteiger partial charge on any atom is -0.383 e. The van der Waals surface area contributed by atoms with Crippen molar-refractivity contribution in [1.29, 1.82) is 5.26 Å². The third-order valence-electron chi connectivity index (χ3n) is 1.37. The van der Waals surface area contributed by atoms with Crippen molar-refractivity contribution in [1.82, 2.24) is 4.98 Å². The molecule has 0 fully saturated rings. The third-order valence-corrected chi connectivity index (χ3v) is 1.37. The highest BCUT2D eigenvalue weighted by atomic mass is 19.4. The number of nitriles is 1. The van der Waals surface area contributed by atoms with Crippen LogP contribution in [-0.2, 0) is 6.18 Å². The van der Waals surface area contributed by atoms with Gasteiger partial charge < -0.3 is 5.73 Å². The Kier molecular flexibility index (Phi) is 2.10. The molecule has 6 heteroatoms. The predicted molar refractivity (Wildman–Crippen MR) is 38.4 cm³/mol. The van der Waals surface area contributed by atoms with Crippen LogP contribution in [0.15, 0.2) is 12.3 Å². The van der Waals surface area contributed by atoms with Gasteiger partial charge in [-0.1, -0.05) is 0 Å². The van der Waals surface area contributed by atoms with Crippen molar-refractivity contribution in [2.45, 2.75) is 6.18 Å². The van der Waals surface area contributed by atoms with Gasteiger partial charge in [-0.05, 0) is 6.07 Å². The van der Waals surface area contributed by atoms with Gasteiger partial charge in [-0.15, -0.1) is 0 Å². The SMILES string of the molecule is N#Cc1cc(C(F)(F)F)cnc1N. The summed E-state index contributed by atoms with van der Waals surface area (Å²) in [6.07, 6.45) is -3.90. The van der Waals surface area contributed by atoms with Crippen molar-refractivity contribution in [3.8, 4) is 6.07 Å². The molecule has 13 heavy (non-hydrogen) atoms. The average Bonchev–Trinajstić information content (AvgIpc) is 2.03. The molecule has 68 valence electrons. The summed E-state index contributed by atoms with van der Waals surface area (Å²) in [5, 5.41) is 8.37. The van der Waals surface area contributed by atoms with Crippen molar-refractivity contribution in [3.05, 3.63) is 23.4 Å². The number of halogens is 3. The van der Waals surface area contributed by atoms with E-state index in [0.717, 1.165) is 0 Å². The Bertz CT molecular complexity index is 364. The highest BCUT2D eigenvalue weighted by Gasteiger charge is 2.31. The number of nitrogens with two attached hydrogens (primary N) is 1. The summed E-state index contributed by atoms with van der Waals surface area (Å²) in [6, 6.07) is 2.19. The molecule has 0 radical (unpaired) electrons. The van der Waals surface area contributed by atoms with Gasteiger partial charge in [-0.25, -0.2) is 4.98 Å². The Morgan fingerprint density at radius 3 is 2.54 bits per heavy atom. The van der Waals surface area contributed by atoms with Gasteiger partial charge >= 0.3 is 6.18 Å². The first kappa shape index (κ1) is 9.32. The Hall–Kier alpha value is -1.77. The molecule has 1 heterocycles. The van der Waals surface area contributed by atoms with Gasteiger partial charge in [0.25, 0.3) is 0 Å². The first-order valence-corrected chi connectivity index (χ1v) is 3.18. The standard InChI is InChI=1S/C7H4F3N3/c8-7(9,10)5-1-4(2-11)6(12)13-3-5/h1,3H,(H2,12,13). The first-order valence-electron chi connectivity index (χ1n) is 3.18. The van der Waals surface area contributed by atoms with E-state index in [-0.39, 0.29) is 11.4 Å². The molecule has 0 aliphatic rings. The predicted octanol–water partition coefficient (Wildman–Crippen LogP) is 1.55. The zero-order valence-electron chi connectivity index (χ0n) is 6.26. The average molecular weight is 187 g/mol. The summed E-state index contributed by atoms with van der Waals surface area (Å²) >= 11 is 0. The number of hydrogen-bond donors (Lipinski definition) is 1. The van der Waals surface area contributed by atoms with Gasteiger partial charge in [-0.3, -0.25) is 0 Å². The number of alkyl halides is 3. The normalized spacial score (nSPS) is 10.9. The van der Waals surface area contributed by atoms with E-state index < -0.39 is 11.7 Å². The van der Waals surface area contributed by atoms with Gasteiger partial charge in [0.05, 0.1) is 11.1 Å². The van der Waals surface area contributed by atoms with Crippen LogP contribution in [0.1, 0.15) is 11.1 Å². The Morgan fingerprint density at radius 2 is 2.08 bits per heavy atom. The van der Waals surface area contributed by atoms with Crippen LogP contribution >= 0.6 is 0 Å². The molecule has 0 bridgehead atoms. The van der Waals surface area contributed by atoms with Crippen molar-refractivity contribution in [3.63, 3.8) is 0 Å². The largest absolute Gasteiger partial charge is 0.417 e. The van der Waals surface area contributed by atoms with Gasteiger partial charge in [0.2, 0.25) is 0 Å². The molecule has 0 saturated heterocycles. The molecule has 3 nitrogen and oxygen atoms in total.